The SMILES string of the molecule is CC(C)c1nc(CN2CCc3sc(Nc4ncc(F)cn4)nc3-c3cn[nH]c32)no1. The first kappa shape index (κ1) is 18.6. The van der Waals surface area contributed by atoms with E-state index in [0.29, 0.717) is 29.3 Å². The van der Waals surface area contributed by atoms with E-state index < -0.39 is 5.82 Å². The summed E-state index contributed by atoms with van der Waals surface area (Å²) in [5.74, 6) is 2.12. The van der Waals surface area contributed by atoms with Crippen LogP contribution in [0.2, 0.25) is 0 Å². The van der Waals surface area contributed by atoms with Gasteiger partial charge in [0.2, 0.25) is 11.8 Å². The first-order chi connectivity index (χ1) is 14.6. The molecule has 30 heavy (non-hydrogen) atoms. The van der Waals surface area contributed by atoms with Crippen LogP contribution in [-0.4, -0.2) is 41.8 Å². The van der Waals surface area contributed by atoms with Crippen molar-refractivity contribution in [2.24, 2.45) is 0 Å². The van der Waals surface area contributed by atoms with Crippen LogP contribution in [0, 0.1) is 5.82 Å². The Hall–Kier alpha value is -3.41. The fourth-order valence-electron chi connectivity index (χ4n) is 3.19. The van der Waals surface area contributed by atoms with E-state index in [-0.39, 0.29) is 5.92 Å². The van der Waals surface area contributed by atoms with Gasteiger partial charge in [0.25, 0.3) is 0 Å². The highest BCUT2D eigenvalue weighted by Crippen LogP contribution is 2.39. The lowest BCUT2D eigenvalue weighted by atomic mass is 10.2. The number of nitrogens with one attached hydrogen (secondary N) is 2. The highest BCUT2D eigenvalue weighted by Gasteiger charge is 2.26. The van der Waals surface area contributed by atoms with Gasteiger partial charge in [0, 0.05) is 23.8 Å². The Morgan fingerprint density at radius 1 is 1.27 bits per heavy atom. The molecule has 0 spiro atoms. The molecule has 0 amide bonds. The molecule has 1 aliphatic rings. The lowest BCUT2D eigenvalue weighted by Crippen LogP contribution is -2.25. The Labute approximate surface area is 174 Å². The van der Waals surface area contributed by atoms with Gasteiger partial charge in [-0.25, -0.2) is 19.3 Å². The van der Waals surface area contributed by atoms with Crippen LogP contribution in [0.4, 0.5) is 21.3 Å². The van der Waals surface area contributed by atoms with Crippen LogP contribution in [0.5, 0.6) is 0 Å². The number of aromatic nitrogens is 7. The van der Waals surface area contributed by atoms with Crippen molar-refractivity contribution in [3.8, 4) is 11.3 Å². The van der Waals surface area contributed by atoms with Crippen LogP contribution in [0.25, 0.3) is 11.3 Å². The minimum Gasteiger partial charge on any atom is -0.348 e. The van der Waals surface area contributed by atoms with E-state index in [2.05, 4.69) is 40.5 Å². The Kier molecular flexibility index (Phi) is 4.62. The standard InChI is InChI=1S/C18H18FN9OS/c1-9(2)16-23-13(27-29-16)8-28-4-3-12-14(11-7-22-26-15(11)28)24-18(30-12)25-17-20-5-10(19)6-21-17/h5-7,9H,3-4,8H2,1-2H3,(H,22,26)(H,20,21,24,25). The van der Waals surface area contributed by atoms with Crippen LogP contribution in [0.3, 0.4) is 0 Å². The number of fused-ring (bicyclic) bond motifs is 3. The maximum atomic E-state index is 13.0. The van der Waals surface area contributed by atoms with Gasteiger partial charge in [-0.15, -0.1) is 11.3 Å². The number of anilines is 3. The fourth-order valence-corrected chi connectivity index (χ4v) is 4.15. The molecule has 4 aromatic rings. The number of nitrogens with zero attached hydrogens (tertiary/aromatic N) is 7. The molecular weight excluding hydrogens is 409 g/mol. The summed E-state index contributed by atoms with van der Waals surface area (Å²) in [4.78, 5) is 20.3. The molecule has 0 bridgehead atoms. The quantitative estimate of drug-likeness (QED) is 0.494. The second-order valence-electron chi connectivity index (χ2n) is 7.15. The van der Waals surface area contributed by atoms with Crippen LogP contribution < -0.4 is 10.2 Å². The molecule has 5 rings (SSSR count). The smallest absolute Gasteiger partial charge is 0.229 e. The number of thiazole rings is 1. The van der Waals surface area contributed by atoms with E-state index in [1.807, 2.05) is 13.8 Å². The summed E-state index contributed by atoms with van der Waals surface area (Å²) in [5.41, 5.74) is 1.76. The summed E-state index contributed by atoms with van der Waals surface area (Å²) >= 11 is 1.52. The van der Waals surface area contributed by atoms with E-state index in [1.165, 1.54) is 11.3 Å². The molecule has 154 valence electrons. The van der Waals surface area contributed by atoms with E-state index in [4.69, 9.17) is 9.51 Å². The Morgan fingerprint density at radius 2 is 2.10 bits per heavy atom. The normalized spacial score (nSPS) is 13.3. The monoisotopic (exact) mass is 427 g/mol. The number of aromatic amines is 1. The lowest BCUT2D eigenvalue weighted by molar-refractivity contribution is 0.360. The molecule has 0 aliphatic carbocycles. The van der Waals surface area contributed by atoms with Gasteiger partial charge in [-0.05, 0) is 0 Å². The van der Waals surface area contributed by atoms with Gasteiger partial charge in [0.05, 0.1) is 36.4 Å². The van der Waals surface area contributed by atoms with Crippen molar-refractivity contribution in [1.29, 1.82) is 0 Å². The van der Waals surface area contributed by atoms with Crippen LogP contribution in [0.15, 0.2) is 23.1 Å². The zero-order chi connectivity index (χ0) is 20.7. The predicted octanol–water partition coefficient (Wildman–Crippen LogP) is 3.28. The van der Waals surface area contributed by atoms with Crippen molar-refractivity contribution in [1.82, 2.24) is 35.3 Å². The molecular formula is C18H18FN9OS. The van der Waals surface area contributed by atoms with E-state index in [1.54, 1.807) is 6.20 Å². The van der Waals surface area contributed by atoms with Gasteiger partial charge in [-0.2, -0.15) is 10.1 Å². The first-order valence-corrected chi connectivity index (χ1v) is 10.2. The number of hydrogen-bond donors (Lipinski definition) is 2. The number of hydrogen-bond acceptors (Lipinski definition) is 10. The number of halogens is 1. The largest absolute Gasteiger partial charge is 0.348 e. The maximum absolute atomic E-state index is 13.0. The molecule has 1 aliphatic heterocycles. The molecule has 0 saturated carbocycles. The summed E-state index contributed by atoms with van der Waals surface area (Å²) in [6.07, 6.45) is 4.78. The molecule has 12 heteroatoms. The summed E-state index contributed by atoms with van der Waals surface area (Å²) in [6.45, 7) is 5.28. The van der Waals surface area contributed by atoms with E-state index >= 15 is 0 Å². The molecule has 10 nitrogen and oxygen atoms in total. The van der Waals surface area contributed by atoms with Gasteiger partial charge in [0.1, 0.15) is 5.82 Å². The van der Waals surface area contributed by atoms with Crippen molar-refractivity contribution in [2.45, 2.75) is 32.7 Å². The van der Waals surface area contributed by atoms with Crippen molar-refractivity contribution in [2.75, 3.05) is 16.8 Å². The van der Waals surface area contributed by atoms with Gasteiger partial charge < -0.3 is 14.7 Å². The van der Waals surface area contributed by atoms with Crippen LogP contribution >= 0.6 is 11.3 Å². The third kappa shape index (κ3) is 3.49. The summed E-state index contributed by atoms with van der Waals surface area (Å²) in [5, 5.41) is 15.1. The highest BCUT2D eigenvalue weighted by atomic mass is 32.1. The zero-order valence-electron chi connectivity index (χ0n) is 16.3. The van der Waals surface area contributed by atoms with Crippen molar-refractivity contribution in [3.05, 3.63) is 41.0 Å². The number of H-pyrrole nitrogens is 1. The predicted molar refractivity (Wildman–Crippen MR) is 108 cm³/mol. The average molecular weight is 427 g/mol. The van der Waals surface area contributed by atoms with Crippen LogP contribution in [0.1, 0.15) is 36.4 Å². The molecule has 0 atom stereocenters. The van der Waals surface area contributed by atoms with E-state index in [0.717, 1.165) is 47.3 Å². The van der Waals surface area contributed by atoms with Gasteiger partial charge in [0.15, 0.2) is 16.8 Å². The minimum atomic E-state index is -0.485. The number of rotatable bonds is 5. The third-order valence-corrected chi connectivity index (χ3v) is 5.68. The Bertz CT molecular complexity index is 1170. The molecule has 0 radical (unpaired) electrons. The lowest BCUT2D eigenvalue weighted by Gasteiger charge is -2.20. The van der Waals surface area contributed by atoms with Crippen LogP contribution in [-0.2, 0) is 13.0 Å². The fraction of sp³-hybridized carbons (Fsp3) is 0.333. The summed E-state index contributed by atoms with van der Waals surface area (Å²) in [7, 11) is 0. The molecule has 5 heterocycles. The second kappa shape index (κ2) is 7.44. The van der Waals surface area contributed by atoms with Crippen molar-refractivity contribution >= 4 is 28.2 Å². The molecule has 0 aromatic carbocycles. The maximum Gasteiger partial charge on any atom is 0.229 e. The van der Waals surface area contributed by atoms with Crippen molar-refractivity contribution < 1.29 is 8.91 Å². The van der Waals surface area contributed by atoms with Gasteiger partial charge in [-0.1, -0.05) is 19.0 Å². The molecule has 0 unspecified atom stereocenters. The second-order valence-corrected chi connectivity index (χ2v) is 8.23. The summed E-state index contributed by atoms with van der Waals surface area (Å²) < 4.78 is 18.4. The van der Waals surface area contributed by atoms with Gasteiger partial charge in [-0.3, -0.25) is 5.10 Å². The average Bonchev–Trinajstić information content (AvgIpc) is 3.45. The Balaban J connectivity index is 1.40. The molecule has 0 fully saturated rings. The molecule has 4 aromatic heterocycles. The summed E-state index contributed by atoms with van der Waals surface area (Å²) in [6, 6.07) is 0. The topological polar surface area (TPSA) is 122 Å². The molecule has 2 N–H and O–H groups in total. The molecule has 0 saturated heterocycles. The Morgan fingerprint density at radius 3 is 2.87 bits per heavy atom. The highest BCUT2D eigenvalue weighted by molar-refractivity contribution is 7.16. The van der Waals surface area contributed by atoms with Crippen molar-refractivity contribution in [3.63, 3.8) is 0 Å². The first-order valence-electron chi connectivity index (χ1n) is 9.42. The van der Waals surface area contributed by atoms with E-state index in [9.17, 15) is 4.39 Å². The zero-order valence-corrected chi connectivity index (χ0v) is 17.1. The van der Waals surface area contributed by atoms with Gasteiger partial charge >= 0.3 is 0 Å². The third-order valence-electron chi connectivity index (χ3n) is 4.65. The minimum absolute atomic E-state index is 0.185.